The molecule has 1 heterocycles. The van der Waals surface area contributed by atoms with Crippen LogP contribution in [0.15, 0.2) is 72.0 Å². The van der Waals surface area contributed by atoms with E-state index in [2.05, 4.69) is 0 Å². The molecule has 1 aliphatic heterocycles. The molecule has 9 heteroatoms. The maximum Gasteiger partial charge on any atom is 1.00 e. The third-order valence-electron chi connectivity index (χ3n) is 5.21. The molecule has 0 radical (unpaired) electrons. The van der Waals surface area contributed by atoms with Gasteiger partial charge in [-0.25, -0.2) is 8.42 Å². The number of rotatable bonds is 7. The largest absolute Gasteiger partial charge is 1.00 e. The third kappa shape index (κ3) is 6.83. The molecule has 168 valence electrons. The van der Waals surface area contributed by atoms with Crippen LogP contribution >= 0.6 is 0 Å². The second-order valence-electron chi connectivity index (χ2n) is 7.68. The van der Waals surface area contributed by atoms with Crippen molar-refractivity contribution in [3.05, 3.63) is 83.1 Å². The maximum absolute atomic E-state index is 11.1. The van der Waals surface area contributed by atoms with Gasteiger partial charge in [-0.3, -0.25) is 0 Å². The van der Waals surface area contributed by atoms with Gasteiger partial charge in [0.1, 0.15) is 17.7 Å². The minimum atomic E-state index is -4.33. The summed E-state index contributed by atoms with van der Waals surface area (Å²) >= 11 is 0. The predicted molar refractivity (Wildman–Crippen MR) is 129 cm³/mol. The molecule has 7 nitrogen and oxygen atoms in total. The van der Waals surface area contributed by atoms with E-state index in [-0.39, 0.29) is 48.1 Å². The Balaban J connectivity index is 0.00000408. The normalized spacial score (nSPS) is 12.8. The summed E-state index contributed by atoms with van der Waals surface area (Å²) in [7, 11) is -0.405. The molecule has 1 aliphatic rings. The summed E-state index contributed by atoms with van der Waals surface area (Å²) < 4.78 is 33.4. The second-order valence-corrected chi connectivity index (χ2v) is 9.21. The molecular formula is C25H23N4NaO3S. The Morgan fingerprint density at radius 1 is 1.06 bits per heavy atom. The zero-order valence-electron chi connectivity index (χ0n) is 19.4. The molecule has 3 rings (SSSR count). The van der Waals surface area contributed by atoms with Gasteiger partial charge in [0.2, 0.25) is 0 Å². The van der Waals surface area contributed by atoms with Gasteiger partial charge in [-0.05, 0) is 42.3 Å². The van der Waals surface area contributed by atoms with Gasteiger partial charge in [0.05, 0.1) is 10.1 Å². The molecule has 0 aliphatic carbocycles. The quantitative estimate of drug-likeness (QED) is 0.328. The van der Waals surface area contributed by atoms with Gasteiger partial charge in [-0.2, -0.15) is 10.5 Å². The van der Waals surface area contributed by atoms with E-state index in [1.165, 1.54) is 0 Å². The van der Waals surface area contributed by atoms with E-state index in [0.717, 1.165) is 16.9 Å². The first-order valence-electron chi connectivity index (χ1n) is 10.3. The van der Waals surface area contributed by atoms with Crippen LogP contribution in [0.5, 0.6) is 0 Å². The molecule has 2 aromatic carbocycles. The van der Waals surface area contributed by atoms with E-state index < -0.39 is 15.9 Å². The zero-order chi connectivity index (χ0) is 24.0. The second kappa shape index (κ2) is 12.0. The van der Waals surface area contributed by atoms with Gasteiger partial charge in [0.15, 0.2) is 0 Å². The van der Waals surface area contributed by atoms with Crippen molar-refractivity contribution in [1.29, 1.82) is 10.5 Å². The fourth-order valence-corrected chi connectivity index (χ4v) is 4.07. The Bertz CT molecular complexity index is 1300. The van der Waals surface area contributed by atoms with Crippen LogP contribution in [-0.4, -0.2) is 39.4 Å². The number of nitriles is 2. The summed E-state index contributed by atoms with van der Waals surface area (Å²) in [6.07, 6.45) is 5.66. The van der Waals surface area contributed by atoms with E-state index >= 15 is 0 Å². The number of fused-ring (bicyclic) bond motifs is 1. The van der Waals surface area contributed by atoms with Crippen molar-refractivity contribution in [3.63, 3.8) is 0 Å². The molecule has 0 atom stereocenters. The van der Waals surface area contributed by atoms with Crippen molar-refractivity contribution in [2.45, 2.75) is 6.42 Å². The molecule has 0 spiro atoms. The Morgan fingerprint density at radius 2 is 1.71 bits per heavy atom. The molecule has 0 fully saturated rings. The van der Waals surface area contributed by atoms with Crippen molar-refractivity contribution in [1.82, 2.24) is 0 Å². The van der Waals surface area contributed by atoms with Gasteiger partial charge in [0.25, 0.3) is 0 Å². The number of anilines is 2. The van der Waals surface area contributed by atoms with Crippen molar-refractivity contribution in [3.8, 4) is 12.1 Å². The average Bonchev–Trinajstić information content (AvgIpc) is 2.79. The van der Waals surface area contributed by atoms with Crippen LogP contribution in [0.3, 0.4) is 0 Å². The molecule has 2 aromatic rings. The molecule has 0 N–H and O–H groups in total. The first-order valence-corrected chi connectivity index (χ1v) is 11.8. The summed E-state index contributed by atoms with van der Waals surface area (Å²) in [5, 5.41) is 18.9. The van der Waals surface area contributed by atoms with Gasteiger partial charge >= 0.3 is 29.6 Å². The molecule has 0 unspecified atom stereocenters. The van der Waals surface area contributed by atoms with Crippen molar-refractivity contribution < 1.29 is 42.5 Å². The monoisotopic (exact) mass is 482 g/mol. The van der Waals surface area contributed by atoms with Crippen LogP contribution in [0.2, 0.25) is 0 Å². The van der Waals surface area contributed by atoms with E-state index in [1.807, 2.05) is 96.7 Å². The van der Waals surface area contributed by atoms with Crippen LogP contribution in [0, 0.1) is 22.7 Å². The van der Waals surface area contributed by atoms with E-state index in [0.29, 0.717) is 16.8 Å². The number of para-hydroxylation sites is 1. The first kappa shape index (κ1) is 27.4. The average molecular weight is 483 g/mol. The standard InChI is InChI=1S/C25H24N4O3S.Na/c1-28(2)21-11-8-19(9-12-21)10-13-22-16-24(20(17-26)18-27)23-6-3-4-7-25(23)29(22)14-5-15-33(30,31)32;/h3-4,6-13,16H,5,14-15H2,1-2H3,(H,30,31,32);/q;+1/p-1/b13-10+;. The van der Waals surface area contributed by atoms with E-state index in [4.69, 9.17) is 0 Å². The minimum Gasteiger partial charge on any atom is -0.748 e. The summed E-state index contributed by atoms with van der Waals surface area (Å²) in [6.45, 7) is 0.288. The fourth-order valence-electron chi connectivity index (χ4n) is 3.58. The molecule has 0 aromatic heterocycles. The minimum absolute atomic E-state index is 0. The maximum atomic E-state index is 11.1. The number of allylic oxidation sites excluding steroid dienone is 4. The topological polar surface area (TPSA) is 111 Å². The van der Waals surface area contributed by atoms with Crippen LogP contribution < -0.4 is 39.4 Å². The Labute approximate surface area is 223 Å². The number of benzene rings is 2. The smallest absolute Gasteiger partial charge is 0.748 e. The van der Waals surface area contributed by atoms with Gasteiger partial charge in [0, 0.05) is 54.6 Å². The predicted octanol–water partition coefficient (Wildman–Crippen LogP) is 0.910. The van der Waals surface area contributed by atoms with Gasteiger partial charge < -0.3 is 14.4 Å². The van der Waals surface area contributed by atoms with Crippen molar-refractivity contribution >= 4 is 33.1 Å². The third-order valence-corrected chi connectivity index (χ3v) is 6.00. The molecular weight excluding hydrogens is 459 g/mol. The summed E-state index contributed by atoms with van der Waals surface area (Å²) in [5.41, 5.74) is 4.64. The number of hydrogen-bond acceptors (Lipinski definition) is 7. The molecule has 0 saturated carbocycles. The van der Waals surface area contributed by atoms with Gasteiger partial charge in [-0.1, -0.05) is 36.4 Å². The van der Waals surface area contributed by atoms with E-state index in [1.54, 1.807) is 6.08 Å². The van der Waals surface area contributed by atoms with Crippen molar-refractivity contribution in [2.24, 2.45) is 0 Å². The first-order chi connectivity index (χ1) is 15.7. The summed E-state index contributed by atoms with van der Waals surface area (Å²) in [5.74, 6) is -0.473. The van der Waals surface area contributed by atoms with Crippen LogP contribution in [0.25, 0.3) is 11.6 Å². The Kier molecular flexibility index (Phi) is 9.69. The van der Waals surface area contributed by atoms with Gasteiger partial charge in [-0.15, -0.1) is 0 Å². The summed E-state index contributed by atoms with van der Waals surface area (Å²) in [6, 6.07) is 19.2. The van der Waals surface area contributed by atoms with E-state index in [9.17, 15) is 23.5 Å². The van der Waals surface area contributed by atoms with Crippen LogP contribution in [0.4, 0.5) is 11.4 Å². The molecule has 34 heavy (non-hydrogen) atoms. The van der Waals surface area contributed by atoms with Crippen molar-refractivity contribution in [2.75, 3.05) is 36.2 Å². The van der Waals surface area contributed by atoms with Crippen LogP contribution in [-0.2, 0) is 10.1 Å². The molecule has 0 saturated heterocycles. The van der Waals surface area contributed by atoms with Crippen LogP contribution in [0.1, 0.15) is 17.5 Å². The Hall–Kier alpha value is -2.85. The molecule has 0 bridgehead atoms. The number of hydrogen-bond donors (Lipinski definition) is 0. The molecule has 0 amide bonds. The zero-order valence-corrected chi connectivity index (χ0v) is 22.2. The number of nitrogens with zero attached hydrogens (tertiary/aromatic N) is 4. The SMILES string of the molecule is CN(C)c1ccc(/C=C/C2=CC(=C(C#N)C#N)c3ccccc3N2CCCS(=O)(=O)[O-])cc1.[Na+]. The fraction of sp³-hybridized carbons (Fsp3) is 0.200. The Morgan fingerprint density at radius 3 is 2.29 bits per heavy atom. The summed E-state index contributed by atoms with van der Waals surface area (Å²) in [4.78, 5) is 3.91.